The highest BCUT2D eigenvalue weighted by Crippen LogP contribution is 2.33. The molecular formula is C21H24F3N3O. The number of hydrogen-bond acceptors (Lipinski definition) is 3. The number of nitrogens with zero attached hydrogens (tertiary/aromatic N) is 1. The van der Waals surface area contributed by atoms with Crippen LogP contribution in [0.15, 0.2) is 42.6 Å². The minimum absolute atomic E-state index is 0.0406. The predicted molar refractivity (Wildman–Crippen MR) is 102 cm³/mol. The minimum Gasteiger partial charge on any atom is -0.352 e. The SMILES string of the molecule is O=C(NCC1CCCCCC1)c1cnc(Nc2ccccc2)cc1C(F)(F)F. The maximum atomic E-state index is 13.5. The Hall–Kier alpha value is -2.57. The Morgan fingerprint density at radius 2 is 1.75 bits per heavy atom. The average Bonchev–Trinajstić information content (AvgIpc) is 2.95. The number of anilines is 2. The molecule has 150 valence electrons. The minimum atomic E-state index is -4.65. The van der Waals surface area contributed by atoms with E-state index in [0.717, 1.165) is 37.9 Å². The molecule has 1 saturated carbocycles. The summed E-state index contributed by atoms with van der Waals surface area (Å²) in [5.74, 6) is -0.359. The summed E-state index contributed by atoms with van der Waals surface area (Å²) in [7, 11) is 0. The van der Waals surface area contributed by atoms with E-state index in [1.165, 1.54) is 12.8 Å². The molecule has 0 aliphatic heterocycles. The van der Waals surface area contributed by atoms with Gasteiger partial charge in [0.2, 0.25) is 0 Å². The first kappa shape index (κ1) is 20.2. The Morgan fingerprint density at radius 3 is 2.39 bits per heavy atom. The van der Waals surface area contributed by atoms with Crippen molar-refractivity contribution in [3.8, 4) is 0 Å². The van der Waals surface area contributed by atoms with Gasteiger partial charge >= 0.3 is 6.18 Å². The number of nitrogens with one attached hydrogen (secondary N) is 2. The van der Waals surface area contributed by atoms with E-state index in [-0.39, 0.29) is 5.82 Å². The summed E-state index contributed by atoms with van der Waals surface area (Å²) in [4.78, 5) is 16.4. The number of amides is 1. The Labute approximate surface area is 162 Å². The van der Waals surface area contributed by atoms with Crippen molar-refractivity contribution >= 4 is 17.4 Å². The van der Waals surface area contributed by atoms with Gasteiger partial charge in [0.05, 0.1) is 11.1 Å². The van der Waals surface area contributed by atoms with Gasteiger partial charge in [-0.1, -0.05) is 43.9 Å². The van der Waals surface area contributed by atoms with Crippen LogP contribution in [0.25, 0.3) is 0 Å². The van der Waals surface area contributed by atoms with Crippen LogP contribution in [0.4, 0.5) is 24.7 Å². The van der Waals surface area contributed by atoms with Gasteiger partial charge in [0, 0.05) is 18.4 Å². The summed E-state index contributed by atoms with van der Waals surface area (Å²) >= 11 is 0. The number of halogens is 3. The second kappa shape index (κ2) is 9.08. The third kappa shape index (κ3) is 5.47. The van der Waals surface area contributed by atoms with Crippen LogP contribution in [-0.2, 0) is 6.18 Å². The molecule has 1 heterocycles. The van der Waals surface area contributed by atoms with Gasteiger partial charge < -0.3 is 10.6 Å². The van der Waals surface area contributed by atoms with Gasteiger partial charge in [-0.05, 0) is 37.0 Å². The van der Waals surface area contributed by atoms with Crippen molar-refractivity contribution in [1.82, 2.24) is 10.3 Å². The first-order valence-corrected chi connectivity index (χ1v) is 9.61. The molecule has 7 heteroatoms. The molecule has 2 aromatic rings. The number of rotatable bonds is 5. The monoisotopic (exact) mass is 391 g/mol. The fourth-order valence-electron chi connectivity index (χ4n) is 3.51. The number of carbonyl (C=O) groups excluding carboxylic acids is 1. The van der Waals surface area contributed by atoms with Gasteiger partial charge in [-0.2, -0.15) is 13.2 Å². The molecule has 0 unspecified atom stereocenters. The van der Waals surface area contributed by atoms with Gasteiger partial charge in [-0.15, -0.1) is 0 Å². The summed E-state index contributed by atoms with van der Waals surface area (Å²) in [5.41, 5.74) is -0.812. The maximum Gasteiger partial charge on any atom is 0.417 e. The molecule has 1 aromatic carbocycles. The quantitative estimate of drug-likeness (QED) is 0.658. The molecule has 3 rings (SSSR count). The van der Waals surface area contributed by atoms with Gasteiger partial charge in [0.25, 0.3) is 5.91 Å². The van der Waals surface area contributed by atoms with E-state index in [0.29, 0.717) is 18.2 Å². The normalized spacial score (nSPS) is 15.7. The van der Waals surface area contributed by atoms with E-state index in [4.69, 9.17) is 0 Å². The standard InChI is InChI=1S/C21H24F3N3O/c22-21(23,24)18-12-19(27-16-10-6-3-7-11-16)25-14-17(18)20(28)26-13-15-8-4-1-2-5-9-15/h3,6-7,10-12,14-15H,1-2,4-5,8-9,13H2,(H,25,27)(H,26,28). The van der Waals surface area contributed by atoms with Crippen molar-refractivity contribution in [3.63, 3.8) is 0 Å². The summed E-state index contributed by atoms with van der Waals surface area (Å²) in [6.45, 7) is 0.403. The van der Waals surface area contributed by atoms with Gasteiger partial charge in [-0.25, -0.2) is 4.98 Å². The molecule has 1 aliphatic carbocycles. The van der Waals surface area contributed by atoms with Crippen molar-refractivity contribution in [2.75, 3.05) is 11.9 Å². The lowest BCUT2D eigenvalue weighted by Crippen LogP contribution is -2.31. The molecule has 1 fully saturated rings. The van der Waals surface area contributed by atoms with Crippen LogP contribution in [0, 0.1) is 5.92 Å². The summed E-state index contributed by atoms with van der Waals surface area (Å²) in [6.07, 6.45) is 2.94. The van der Waals surface area contributed by atoms with Crippen molar-refractivity contribution < 1.29 is 18.0 Å². The van der Waals surface area contributed by atoms with Crippen LogP contribution in [0.1, 0.15) is 54.4 Å². The molecule has 0 saturated heterocycles. The first-order chi connectivity index (χ1) is 13.4. The number of alkyl halides is 3. The lowest BCUT2D eigenvalue weighted by Gasteiger charge is -2.17. The zero-order valence-electron chi connectivity index (χ0n) is 15.6. The second-order valence-corrected chi connectivity index (χ2v) is 7.17. The Balaban J connectivity index is 1.74. The first-order valence-electron chi connectivity index (χ1n) is 9.61. The zero-order valence-corrected chi connectivity index (χ0v) is 15.6. The van der Waals surface area contributed by atoms with Crippen LogP contribution in [0.3, 0.4) is 0 Å². The highest BCUT2D eigenvalue weighted by Gasteiger charge is 2.36. The summed E-state index contributed by atoms with van der Waals surface area (Å²) < 4.78 is 40.6. The number of hydrogen-bond donors (Lipinski definition) is 2. The van der Waals surface area contributed by atoms with Gasteiger partial charge in [-0.3, -0.25) is 4.79 Å². The van der Waals surface area contributed by atoms with E-state index in [1.807, 2.05) is 6.07 Å². The number of aromatic nitrogens is 1. The smallest absolute Gasteiger partial charge is 0.352 e. The Kier molecular flexibility index (Phi) is 6.54. The fourth-order valence-corrected chi connectivity index (χ4v) is 3.51. The van der Waals surface area contributed by atoms with Crippen LogP contribution in [0.2, 0.25) is 0 Å². The molecule has 2 N–H and O–H groups in total. The summed E-state index contributed by atoms with van der Waals surface area (Å²) in [5, 5.41) is 5.51. The van der Waals surface area contributed by atoms with E-state index >= 15 is 0 Å². The van der Waals surface area contributed by atoms with Crippen LogP contribution in [-0.4, -0.2) is 17.4 Å². The van der Waals surface area contributed by atoms with E-state index in [1.54, 1.807) is 24.3 Å². The highest BCUT2D eigenvalue weighted by atomic mass is 19.4. The second-order valence-electron chi connectivity index (χ2n) is 7.17. The molecule has 0 spiro atoms. The molecule has 0 bridgehead atoms. The summed E-state index contributed by atoms with van der Waals surface area (Å²) in [6, 6.07) is 9.67. The largest absolute Gasteiger partial charge is 0.417 e. The van der Waals surface area contributed by atoms with Gasteiger partial charge in [0.15, 0.2) is 0 Å². The van der Waals surface area contributed by atoms with Gasteiger partial charge in [0.1, 0.15) is 5.82 Å². The number of para-hydroxylation sites is 1. The van der Waals surface area contributed by atoms with E-state index < -0.39 is 23.2 Å². The van der Waals surface area contributed by atoms with Crippen LogP contribution < -0.4 is 10.6 Å². The topological polar surface area (TPSA) is 54.0 Å². The molecule has 4 nitrogen and oxygen atoms in total. The highest BCUT2D eigenvalue weighted by molar-refractivity contribution is 5.96. The lowest BCUT2D eigenvalue weighted by molar-refractivity contribution is -0.137. The maximum absolute atomic E-state index is 13.5. The zero-order chi connectivity index (χ0) is 20.0. The molecule has 0 atom stereocenters. The molecule has 0 radical (unpaired) electrons. The third-order valence-corrected chi connectivity index (χ3v) is 5.03. The third-order valence-electron chi connectivity index (χ3n) is 5.03. The van der Waals surface area contributed by atoms with Crippen molar-refractivity contribution in [1.29, 1.82) is 0 Å². The van der Waals surface area contributed by atoms with Crippen molar-refractivity contribution in [2.24, 2.45) is 5.92 Å². The number of carbonyl (C=O) groups is 1. The van der Waals surface area contributed by atoms with Crippen molar-refractivity contribution in [2.45, 2.75) is 44.7 Å². The molecule has 1 aromatic heterocycles. The molecule has 1 amide bonds. The van der Waals surface area contributed by atoms with E-state index in [2.05, 4.69) is 15.6 Å². The average molecular weight is 391 g/mol. The Morgan fingerprint density at radius 1 is 1.07 bits per heavy atom. The molecule has 1 aliphatic rings. The van der Waals surface area contributed by atoms with E-state index in [9.17, 15) is 18.0 Å². The number of benzene rings is 1. The molecule has 28 heavy (non-hydrogen) atoms. The lowest BCUT2D eigenvalue weighted by atomic mass is 10.00. The Bertz CT molecular complexity index is 785. The van der Waals surface area contributed by atoms with Crippen LogP contribution in [0.5, 0.6) is 0 Å². The molecular weight excluding hydrogens is 367 g/mol. The predicted octanol–water partition coefficient (Wildman–Crippen LogP) is 5.54. The fraction of sp³-hybridized carbons (Fsp3) is 0.429. The van der Waals surface area contributed by atoms with Crippen molar-refractivity contribution in [3.05, 3.63) is 53.7 Å². The van der Waals surface area contributed by atoms with Crippen LogP contribution >= 0.6 is 0 Å². The number of pyridine rings is 1.